The Morgan fingerprint density at radius 1 is 1.08 bits per heavy atom. The fourth-order valence-electron chi connectivity index (χ4n) is 1.84. The molecule has 1 rings (SSSR count). The maximum atomic E-state index is 5.77. The molecule has 0 aromatic heterocycles. The van der Waals surface area contributed by atoms with Crippen molar-refractivity contribution in [2.24, 2.45) is 0 Å². The summed E-state index contributed by atoms with van der Waals surface area (Å²) >= 11 is 0. The van der Waals surface area contributed by atoms with Gasteiger partial charge in [-0.15, -0.1) is 0 Å². The van der Waals surface area contributed by atoms with Crippen LogP contribution in [0.3, 0.4) is 0 Å². The number of methoxy groups -OCH3 is 1. The van der Waals surface area contributed by atoms with Crippen molar-refractivity contribution in [2.45, 2.75) is 57.8 Å². The molecular weight excluding hydrogens is 152 g/mol. The Kier molecular flexibility index (Phi) is 4.02. The van der Waals surface area contributed by atoms with Crippen LogP contribution in [0.2, 0.25) is 0 Å². The summed E-state index contributed by atoms with van der Waals surface area (Å²) in [6, 6.07) is 0. The van der Waals surface area contributed by atoms with Crippen molar-refractivity contribution in [1.82, 2.24) is 0 Å². The minimum atomic E-state index is 0.325. The molecule has 0 unspecified atom stereocenters. The third-order valence-corrected chi connectivity index (χ3v) is 2.39. The Balaban J connectivity index is 2.36. The van der Waals surface area contributed by atoms with Gasteiger partial charge < -0.3 is 9.47 Å². The van der Waals surface area contributed by atoms with Gasteiger partial charge in [0.2, 0.25) is 0 Å². The number of ether oxygens (including phenoxy) is 2. The molecule has 0 aliphatic heterocycles. The third kappa shape index (κ3) is 2.76. The molecule has 1 aliphatic rings. The SMILES string of the molecule is CO[C@@H]1CCCC[C@H]1OC(C)C. The summed E-state index contributed by atoms with van der Waals surface area (Å²) in [5.41, 5.74) is 0. The molecule has 2 atom stereocenters. The molecule has 12 heavy (non-hydrogen) atoms. The van der Waals surface area contributed by atoms with Gasteiger partial charge in [-0.25, -0.2) is 0 Å². The molecule has 1 fully saturated rings. The molecular formula is C10H20O2. The highest BCUT2D eigenvalue weighted by molar-refractivity contribution is 4.76. The van der Waals surface area contributed by atoms with Gasteiger partial charge in [0.1, 0.15) is 0 Å². The van der Waals surface area contributed by atoms with Crippen LogP contribution >= 0.6 is 0 Å². The maximum absolute atomic E-state index is 5.77. The average molecular weight is 172 g/mol. The van der Waals surface area contributed by atoms with Crippen molar-refractivity contribution in [3.8, 4) is 0 Å². The molecule has 0 radical (unpaired) electrons. The lowest BCUT2D eigenvalue weighted by Gasteiger charge is -2.31. The van der Waals surface area contributed by atoms with Crippen molar-refractivity contribution in [3.63, 3.8) is 0 Å². The zero-order chi connectivity index (χ0) is 8.97. The summed E-state index contributed by atoms with van der Waals surface area (Å²) in [5.74, 6) is 0. The molecule has 0 N–H and O–H groups in total. The van der Waals surface area contributed by atoms with Crippen molar-refractivity contribution in [3.05, 3.63) is 0 Å². The first-order valence-corrected chi connectivity index (χ1v) is 4.92. The van der Waals surface area contributed by atoms with Crippen LogP contribution in [0.1, 0.15) is 39.5 Å². The second-order valence-electron chi connectivity index (χ2n) is 3.78. The third-order valence-electron chi connectivity index (χ3n) is 2.39. The average Bonchev–Trinajstić information content (AvgIpc) is 2.04. The van der Waals surface area contributed by atoms with E-state index in [9.17, 15) is 0 Å². The van der Waals surface area contributed by atoms with E-state index >= 15 is 0 Å². The fourth-order valence-corrected chi connectivity index (χ4v) is 1.84. The van der Waals surface area contributed by atoms with Gasteiger partial charge in [-0.2, -0.15) is 0 Å². The summed E-state index contributed by atoms with van der Waals surface area (Å²) in [5, 5.41) is 0. The lowest BCUT2D eigenvalue weighted by molar-refractivity contribution is -0.0973. The normalized spacial score (nSPS) is 31.0. The Morgan fingerprint density at radius 3 is 2.17 bits per heavy atom. The van der Waals surface area contributed by atoms with E-state index in [4.69, 9.17) is 9.47 Å². The molecule has 0 spiro atoms. The molecule has 1 saturated carbocycles. The molecule has 0 amide bonds. The van der Waals surface area contributed by atoms with Gasteiger partial charge in [-0.3, -0.25) is 0 Å². The van der Waals surface area contributed by atoms with E-state index in [1.54, 1.807) is 7.11 Å². The maximum Gasteiger partial charge on any atom is 0.0840 e. The van der Waals surface area contributed by atoms with Gasteiger partial charge in [0.25, 0.3) is 0 Å². The smallest absolute Gasteiger partial charge is 0.0840 e. The number of rotatable bonds is 3. The Morgan fingerprint density at radius 2 is 1.67 bits per heavy atom. The summed E-state index contributed by atoms with van der Waals surface area (Å²) in [7, 11) is 1.78. The minimum absolute atomic E-state index is 0.325. The summed E-state index contributed by atoms with van der Waals surface area (Å²) in [4.78, 5) is 0. The second kappa shape index (κ2) is 4.83. The monoisotopic (exact) mass is 172 g/mol. The first-order chi connectivity index (χ1) is 5.74. The largest absolute Gasteiger partial charge is 0.379 e. The highest BCUT2D eigenvalue weighted by atomic mass is 16.5. The Labute approximate surface area is 75.2 Å². The van der Waals surface area contributed by atoms with E-state index in [-0.39, 0.29) is 0 Å². The predicted octanol–water partition coefficient (Wildman–Crippen LogP) is 2.37. The zero-order valence-corrected chi connectivity index (χ0v) is 8.38. The van der Waals surface area contributed by atoms with E-state index < -0.39 is 0 Å². The minimum Gasteiger partial charge on any atom is -0.379 e. The van der Waals surface area contributed by atoms with Gasteiger partial charge in [-0.1, -0.05) is 12.8 Å². The number of hydrogen-bond donors (Lipinski definition) is 0. The van der Waals surface area contributed by atoms with Crippen molar-refractivity contribution < 1.29 is 9.47 Å². The van der Waals surface area contributed by atoms with Crippen LogP contribution in [0.4, 0.5) is 0 Å². The Bertz CT molecular complexity index is 123. The highest BCUT2D eigenvalue weighted by Crippen LogP contribution is 2.24. The molecule has 0 aromatic rings. The van der Waals surface area contributed by atoms with Crippen molar-refractivity contribution in [1.29, 1.82) is 0 Å². The standard InChI is InChI=1S/C10H20O2/c1-8(2)12-10-7-5-4-6-9(10)11-3/h8-10H,4-7H2,1-3H3/t9-,10-/m1/s1. The van der Waals surface area contributed by atoms with Crippen LogP contribution in [0.15, 0.2) is 0 Å². The molecule has 0 aromatic carbocycles. The molecule has 0 bridgehead atoms. The van der Waals surface area contributed by atoms with Crippen LogP contribution in [0, 0.1) is 0 Å². The van der Waals surface area contributed by atoms with E-state index in [0.29, 0.717) is 18.3 Å². The van der Waals surface area contributed by atoms with Crippen LogP contribution in [-0.2, 0) is 9.47 Å². The lowest BCUT2D eigenvalue weighted by Crippen LogP contribution is -2.35. The van der Waals surface area contributed by atoms with Crippen LogP contribution in [-0.4, -0.2) is 25.4 Å². The molecule has 0 heterocycles. The molecule has 2 nitrogen and oxygen atoms in total. The summed E-state index contributed by atoms with van der Waals surface area (Å²) in [6.45, 7) is 4.17. The summed E-state index contributed by atoms with van der Waals surface area (Å²) < 4.78 is 11.1. The molecule has 72 valence electrons. The van der Waals surface area contributed by atoms with Crippen molar-refractivity contribution in [2.75, 3.05) is 7.11 Å². The van der Waals surface area contributed by atoms with E-state index in [1.165, 1.54) is 12.8 Å². The Hall–Kier alpha value is -0.0800. The fraction of sp³-hybridized carbons (Fsp3) is 1.00. The van der Waals surface area contributed by atoms with E-state index in [0.717, 1.165) is 12.8 Å². The van der Waals surface area contributed by atoms with Gasteiger partial charge in [-0.05, 0) is 26.7 Å². The first-order valence-electron chi connectivity index (χ1n) is 4.92. The van der Waals surface area contributed by atoms with Gasteiger partial charge in [0.15, 0.2) is 0 Å². The van der Waals surface area contributed by atoms with Gasteiger partial charge in [0.05, 0.1) is 18.3 Å². The second-order valence-corrected chi connectivity index (χ2v) is 3.78. The zero-order valence-electron chi connectivity index (χ0n) is 8.38. The van der Waals surface area contributed by atoms with Crippen LogP contribution < -0.4 is 0 Å². The van der Waals surface area contributed by atoms with E-state index in [2.05, 4.69) is 13.8 Å². The van der Waals surface area contributed by atoms with Gasteiger partial charge >= 0.3 is 0 Å². The quantitative estimate of drug-likeness (QED) is 0.650. The van der Waals surface area contributed by atoms with Gasteiger partial charge in [0, 0.05) is 7.11 Å². The summed E-state index contributed by atoms with van der Waals surface area (Å²) in [6.07, 6.45) is 5.90. The highest BCUT2D eigenvalue weighted by Gasteiger charge is 2.25. The topological polar surface area (TPSA) is 18.5 Å². The van der Waals surface area contributed by atoms with Crippen molar-refractivity contribution >= 4 is 0 Å². The van der Waals surface area contributed by atoms with Crippen LogP contribution in [0.5, 0.6) is 0 Å². The predicted molar refractivity (Wildman–Crippen MR) is 49.3 cm³/mol. The van der Waals surface area contributed by atoms with E-state index in [1.807, 2.05) is 0 Å². The molecule has 2 heteroatoms. The molecule has 0 saturated heterocycles. The lowest BCUT2D eigenvalue weighted by atomic mass is 9.94. The first kappa shape index (κ1) is 10.0. The van der Waals surface area contributed by atoms with Crippen LogP contribution in [0.25, 0.3) is 0 Å². The number of hydrogen-bond acceptors (Lipinski definition) is 2. The molecule has 1 aliphatic carbocycles.